The molecular formula is C20H21N3O4. The molecule has 0 bridgehead atoms. The van der Waals surface area contributed by atoms with E-state index in [-0.39, 0.29) is 17.9 Å². The van der Waals surface area contributed by atoms with Crippen LogP contribution in [0.5, 0.6) is 5.75 Å². The van der Waals surface area contributed by atoms with Gasteiger partial charge in [-0.15, -0.1) is 0 Å². The molecule has 27 heavy (non-hydrogen) atoms. The molecule has 0 radical (unpaired) electrons. The average Bonchev–Trinajstić information content (AvgIpc) is 3.13. The van der Waals surface area contributed by atoms with Crippen LogP contribution in [0.25, 0.3) is 0 Å². The Morgan fingerprint density at radius 2 is 2.04 bits per heavy atom. The Morgan fingerprint density at radius 3 is 2.89 bits per heavy atom. The Balaban J connectivity index is 1.47. The minimum absolute atomic E-state index is 0.0107. The molecular weight excluding hydrogens is 346 g/mol. The van der Waals surface area contributed by atoms with Crippen molar-refractivity contribution in [1.29, 1.82) is 0 Å². The third kappa shape index (κ3) is 3.39. The van der Waals surface area contributed by atoms with E-state index in [1.807, 2.05) is 24.3 Å². The number of para-hydroxylation sites is 1. The van der Waals surface area contributed by atoms with Gasteiger partial charge in [0.05, 0.1) is 24.8 Å². The molecule has 1 saturated heterocycles. The molecule has 3 N–H and O–H groups in total. The Hall–Kier alpha value is -2.90. The van der Waals surface area contributed by atoms with Crippen molar-refractivity contribution in [2.24, 2.45) is 5.92 Å². The van der Waals surface area contributed by atoms with Gasteiger partial charge in [0.1, 0.15) is 11.8 Å². The van der Waals surface area contributed by atoms with Gasteiger partial charge in [-0.3, -0.25) is 4.79 Å². The topological polar surface area (TPSA) is 88.7 Å². The monoisotopic (exact) mass is 367 g/mol. The third-order valence-electron chi connectivity index (χ3n) is 4.86. The molecule has 140 valence electrons. The van der Waals surface area contributed by atoms with Gasteiger partial charge in [0.2, 0.25) is 5.91 Å². The van der Waals surface area contributed by atoms with Gasteiger partial charge in [-0.2, -0.15) is 0 Å². The van der Waals surface area contributed by atoms with Crippen LogP contribution < -0.4 is 20.9 Å². The van der Waals surface area contributed by atoms with Crippen LogP contribution in [0.2, 0.25) is 0 Å². The van der Waals surface area contributed by atoms with E-state index in [4.69, 9.17) is 9.47 Å². The normalized spacial score (nSPS) is 22.9. The fraction of sp³-hybridized carbons (Fsp3) is 0.300. The fourth-order valence-electron chi connectivity index (χ4n) is 3.56. The second kappa shape index (κ2) is 7.38. The van der Waals surface area contributed by atoms with E-state index in [9.17, 15) is 9.59 Å². The van der Waals surface area contributed by atoms with E-state index in [1.165, 1.54) is 0 Å². The smallest absolute Gasteiger partial charge is 0.338 e. The number of hydrogen-bond acceptors (Lipinski definition) is 6. The van der Waals surface area contributed by atoms with Crippen molar-refractivity contribution in [3.63, 3.8) is 0 Å². The van der Waals surface area contributed by atoms with Gasteiger partial charge in [0, 0.05) is 17.2 Å². The van der Waals surface area contributed by atoms with Crippen LogP contribution in [0.15, 0.2) is 48.5 Å². The predicted molar refractivity (Wildman–Crippen MR) is 99.3 cm³/mol. The van der Waals surface area contributed by atoms with Crippen molar-refractivity contribution in [2.75, 3.05) is 18.5 Å². The van der Waals surface area contributed by atoms with Crippen LogP contribution in [0.1, 0.15) is 28.9 Å². The molecule has 3 atom stereocenters. The van der Waals surface area contributed by atoms with Crippen molar-refractivity contribution in [1.82, 2.24) is 10.9 Å². The molecule has 0 spiro atoms. The van der Waals surface area contributed by atoms with E-state index in [0.717, 1.165) is 11.3 Å². The molecule has 1 fully saturated rings. The maximum Gasteiger partial charge on any atom is 0.338 e. The molecule has 0 aromatic heterocycles. The highest BCUT2D eigenvalue weighted by Crippen LogP contribution is 2.39. The number of hydrazine groups is 1. The zero-order chi connectivity index (χ0) is 18.8. The molecule has 2 aliphatic rings. The number of rotatable bonds is 4. The van der Waals surface area contributed by atoms with Crippen LogP contribution in [0.4, 0.5) is 5.69 Å². The average molecular weight is 367 g/mol. The van der Waals surface area contributed by atoms with E-state index in [0.29, 0.717) is 24.5 Å². The molecule has 7 heteroatoms. The number of hydrogen-bond donors (Lipinski definition) is 3. The van der Waals surface area contributed by atoms with Crippen molar-refractivity contribution in [3.8, 4) is 5.75 Å². The van der Waals surface area contributed by atoms with E-state index in [1.54, 1.807) is 31.2 Å². The van der Waals surface area contributed by atoms with Crippen LogP contribution in [0.3, 0.4) is 0 Å². The van der Waals surface area contributed by atoms with E-state index >= 15 is 0 Å². The van der Waals surface area contributed by atoms with Gasteiger partial charge in [-0.25, -0.2) is 15.6 Å². The lowest BCUT2D eigenvalue weighted by Crippen LogP contribution is -2.43. The van der Waals surface area contributed by atoms with Crippen LogP contribution in [-0.4, -0.2) is 31.1 Å². The van der Waals surface area contributed by atoms with E-state index < -0.39 is 12.0 Å². The number of carbonyl (C=O) groups excluding carboxylic acids is 2. The molecule has 7 nitrogen and oxygen atoms in total. The van der Waals surface area contributed by atoms with Crippen LogP contribution in [-0.2, 0) is 9.53 Å². The quantitative estimate of drug-likeness (QED) is 0.717. The highest BCUT2D eigenvalue weighted by Gasteiger charge is 2.44. The number of benzene rings is 2. The van der Waals surface area contributed by atoms with Crippen LogP contribution >= 0.6 is 0 Å². The summed E-state index contributed by atoms with van der Waals surface area (Å²) in [6.07, 6.45) is 0. The van der Waals surface area contributed by atoms with Gasteiger partial charge in [-0.1, -0.05) is 24.3 Å². The fourth-order valence-corrected chi connectivity index (χ4v) is 3.56. The number of esters is 1. The molecule has 2 aromatic rings. The van der Waals surface area contributed by atoms with Crippen molar-refractivity contribution < 1.29 is 19.1 Å². The number of carbonyl (C=O) groups is 2. The molecule has 0 aliphatic carbocycles. The molecule has 1 amide bonds. The first-order valence-corrected chi connectivity index (χ1v) is 8.98. The molecule has 4 rings (SSSR count). The summed E-state index contributed by atoms with van der Waals surface area (Å²) in [5.74, 6) is 0.218. The Bertz CT molecular complexity index is 870. The summed E-state index contributed by atoms with van der Waals surface area (Å²) in [6, 6.07) is 14.1. The van der Waals surface area contributed by atoms with E-state index in [2.05, 4.69) is 16.2 Å². The summed E-state index contributed by atoms with van der Waals surface area (Å²) in [5, 5.41) is 2.87. The Labute approximate surface area is 157 Å². The van der Waals surface area contributed by atoms with Crippen molar-refractivity contribution >= 4 is 17.6 Å². The Morgan fingerprint density at radius 1 is 1.19 bits per heavy atom. The first-order chi connectivity index (χ1) is 13.2. The summed E-state index contributed by atoms with van der Waals surface area (Å²) < 4.78 is 10.8. The summed E-state index contributed by atoms with van der Waals surface area (Å²) in [7, 11) is 0. The minimum Gasteiger partial charge on any atom is -0.493 e. The largest absolute Gasteiger partial charge is 0.493 e. The second-order valence-corrected chi connectivity index (χ2v) is 6.55. The summed E-state index contributed by atoms with van der Waals surface area (Å²) in [4.78, 5) is 24.7. The first-order valence-electron chi connectivity index (χ1n) is 8.98. The molecule has 2 aliphatic heterocycles. The number of ether oxygens (including phenoxy) is 2. The Kier molecular flexibility index (Phi) is 4.79. The zero-order valence-corrected chi connectivity index (χ0v) is 14.9. The molecule has 0 saturated carbocycles. The SMILES string of the molecule is CCOC(=O)c1cccc(NC(=O)C2NNC3c4ccccc4OCC23)c1. The van der Waals surface area contributed by atoms with Gasteiger partial charge in [0.15, 0.2) is 0 Å². The van der Waals surface area contributed by atoms with Gasteiger partial charge in [-0.05, 0) is 31.2 Å². The number of fused-ring (bicyclic) bond motifs is 3. The number of nitrogens with one attached hydrogen (secondary N) is 3. The number of anilines is 1. The second-order valence-electron chi connectivity index (χ2n) is 6.55. The van der Waals surface area contributed by atoms with Gasteiger partial charge >= 0.3 is 5.97 Å². The lowest BCUT2D eigenvalue weighted by molar-refractivity contribution is -0.119. The maximum atomic E-state index is 12.8. The first kappa shape index (κ1) is 17.5. The third-order valence-corrected chi connectivity index (χ3v) is 4.86. The molecule has 2 heterocycles. The lowest BCUT2D eigenvalue weighted by Gasteiger charge is -2.29. The van der Waals surface area contributed by atoms with Crippen LogP contribution in [0, 0.1) is 5.92 Å². The minimum atomic E-state index is -0.449. The van der Waals surface area contributed by atoms with Gasteiger partial charge in [0.25, 0.3) is 0 Å². The highest BCUT2D eigenvalue weighted by molar-refractivity contribution is 5.97. The maximum absolute atomic E-state index is 12.8. The highest BCUT2D eigenvalue weighted by atomic mass is 16.5. The molecule has 2 aromatic carbocycles. The molecule has 3 unspecified atom stereocenters. The lowest BCUT2D eigenvalue weighted by atomic mass is 9.87. The summed E-state index contributed by atoms with van der Waals surface area (Å²) >= 11 is 0. The predicted octanol–water partition coefficient (Wildman–Crippen LogP) is 2.03. The number of amides is 1. The summed E-state index contributed by atoms with van der Waals surface area (Å²) in [5.41, 5.74) is 8.29. The summed E-state index contributed by atoms with van der Waals surface area (Å²) in [6.45, 7) is 2.50. The van der Waals surface area contributed by atoms with Gasteiger partial charge < -0.3 is 14.8 Å². The standard InChI is InChI=1S/C20H21N3O4/c1-2-26-20(25)12-6-5-7-13(10-12)21-19(24)18-15-11-27-16-9-4-3-8-14(16)17(15)22-23-18/h3-10,15,17-18,22-23H,2,11H2,1H3,(H,21,24). The van der Waals surface area contributed by atoms with Crippen molar-refractivity contribution in [2.45, 2.75) is 19.0 Å². The van der Waals surface area contributed by atoms with Crippen molar-refractivity contribution in [3.05, 3.63) is 59.7 Å². The zero-order valence-electron chi connectivity index (χ0n) is 14.9.